The number of nitrogens with zero attached hydrogens (tertiary/aromatic N) is 1. The lowest BCUT2D eigenvalue weighted by atomic mass is 10.1. The predicted molar refractivity (Wildman–Crippen MR) is 75.7 cm³/mol. The van der Waals surface area contributed by atoms with Gasteiger partial charge in [0, 0.05) is 11.8 Å². The monoisotopic (exact) mass is 302 g/mol. The van der Waals surface area contributed by atoms with E-state index in [9.17, 15) is 0 Å². The van der Waals surface area contributed by atoms with Crippen molar-refractivity contribution in [1.82, 2.24) is 4.98 Å². The van der Waals surface area contributed by atoms with Crippen molar-refractivity contribution in [3.63, 3.8) is 0 Å². The molecule has 0 fully saturated rings. The lowest BCUT2D eigenvalue weighted by Gasteiger charge is -2.08. The smallest absolute Gasteiger partial charge is 0.236 e. The number of hydrogen-bond donors (Lipinski definition) is 1. The van der Waals surface area contributed by atoms with Crippen LogP contribution in [-0.2, 0) is 0 Å². The molecule has 6 heteroatoms. The first-order valence-corrected chi connectivity index (χ1v) is 6.10. The minimum absolute atomic E-state index is 0.330. The van der Waals surface area contributed by atoms with Crippen molar-refractivity contribution in [1.29, 1.82) is 0 Å². The predicted octanol–water partition coefficient (Wildman–Crippen LogP) is 4.30. The molecule has 2 N–H and O–H groups in total. The van der Waals surface area contributed by atoms with Gasteiger partial charge in [-0.25, -0.2) is 4.98 Å². The average Bonchev–Trinajstić information content (AvgIpc) is 2.35. The minimum Gasteiger partial charge on any atom is -0.480 e. The molecule has 18 heavy (non-hydrogen) atoms. The zero-order valence-electron chi connectivity index (χ0n) is 9.38. The number of rotatable bonds is 2. The van der Waals surface area contributed by atoms with Crippen molar-refractivity contribution in [2.45, 2.75) is 0 Å². The van der Waals surface area contributed by atoms with E-state index in [1.54, 1.807) is 24.4 Å². The lowest BCUT2D eigenvalue weighted by Crippen LogP contribution is -1.95. The van der Waals surface area contributed by atoms with Crippen LogP contribution in [0.3, 0.4) is 0 Å². The molecule has 3 nitrogen and oxygen atoms in total. The maximum Gasteiger partial charge on any atom is 0.236 e. The van der Waals surface area contributed by atoms with Gasteiger partial charge in [0.25, 0.3) is 0 Å². The van der Waals surface area contributed by atoms with E-state index in [4.69, 9.17) is 45.3 Å². The van der Waals surface area contributed by atoms with Crippen molar-refractivity contribution in [2.75, 3.05) is 12.8 Å². The molecule has 0 bridgehead atoms. The van der Waals surface area contributed by atoms with Gasteiger partial charge in [0.1, 0.15) is 0 Å². The first kappa shape index (κ1) is 13.3. The average molecular weight is 304 g/mol. The highest BCUT2D eigenvalue weighted by Gasteiger charge is 2.09. The highest BCUT2D eigenvalue weighted by Crippen LogP contribution is 2.35. The normalized spacial score (nSPS) is 10.4. The van der Waals surface area contributed by atoms with Crippen LogP contribution in [0.4, 0.5) is 5.69 Å². The molecule has 94 valence electrons. The minimum atomic E-state index is 0.330. The number of halogens is 3. The van der Waals surface area contributed by atoms with E-state index >= 15 is 0 Å². The van der Waals surface area contributed by atoms with Gasteiger partial charge in [-0.15, -0.1) is 0 Å². The van der Waals surface area contributed by atoms with Crippen molar-refractivity contribution in [2.24, 2.45) is 0 Å². The van der Waals surface area contributed by atoms with Crippen LogP contribution in [0.2, 0.25) is 15.1 Å². The fourth-order valence-corrected chi connectivity index (χ4v) is 2.12. The van der Waals surface area contributed by atoms with Gasteiger partial charge in [-0.1, -0.05) is 34.8 Å². The number of hydrogen-bond acceptors (Lipinski definition) is 3. The fourth-order valence-electron chi connectivity index (χ4n) is 1.52. The first-order chi connectivity index (χ1) is 8.52. The third-order valence-corrected chi connectivity index (χ3v) is 3.59. The summed E-state index contributed by atoms with van der Waals surface area (Å²) in [5.41, 5.74) is 7.81. The highest BCUT2D eigenvalue weighted by atomic mass is 35.5. The van der Waals surface area contributed by atoms with Crippen LogP contribution in [0.25, 0.3) is 11.1 Å². The molecule has 0 atom stereocenters. The molecule has 2 aromatic rings. The molecule has 0 aliphatic heterocycles. The maximum absolute atomic E-state index is 5.97. The Hall–Kier alpha value is -1.16. The largest absolute Gasteiger partial charge is 0.480 e. The van der Waals surface area contributed by atoms with Crippen LogP contribution < -0.4 is 10.5 Å². The Balaban J connectivity index is 2.52. The second kappa shape index (κ2) is 5.22. The Morgan fingerprint density at radius 3 is 2.17 bits per heavy atom. The Labute approximate surface area is 119 Å². The van der Waals surface area contributed by atoms with Gasteiger partial charge in [-0.3, -0.25) is 0 Å². The maximum atomic E-state index is 5.97. The van der Waals surface area contributed by atoms with E-state index in [0.717, 1.165) is 11.1 Å². The molecule has 1 aromatic heterocycles. The van der Waals surface area contributed by atoms with Gasteiger partial charge in [0.05, 0.1) is 27.9 Å². The molecule has 0 saturated heterocycles. The number of nitrogen functional groups attached to an aromatic ring is 1. The highest BCUT2D eigenvalue weighted by molar-refractivity contribution is 6.48. The molecule has 2 rings (SSSR count). The van der Waals surface area contributed by atoms with Crippen LogP contribution >= 0.6 is 34.8 Å². The van der Waals surface area contributed by atoms with Crippen LogP contribution in [0.15, 0.2) is 24.4 Å². The SMILES string of the molecule is COc1ncc(-c2cc(Cl)c(Cl)c(Cl)c2)cc1N. The van der Waals surface area contributed by atoms with E-state index in [1.807, 2.05) is 0 Å². The van der Waals surface area contributed by atoms with Crippen molar-refractivity contribution in [3.05, 3.63) is 39.5 Å². The number of ether oxygens (including phenoxy) is 1. The second-order valence-corrected chi connectivity index (χ2v) is 4.77. The molecule has 0 unspecified atom stereocenters. The Morgan fingerprint density at radius 1 is 1.06 bits per heavy atom. The van der Waals surface area contributed by atoms with Gasteiger partial charge >= 0.3 is 0 Å². The summed E-state index contributed by atoms with van der Waals surface area (Å²) < 4.78 is 4.99. The van der Waals surface area contributed by atoms with Crippen LogP contribution in [-0.4, -0.2) is 12.1 Å². The quantitative estimate of drug-likeness (QED) is 0.841. The van der Waals surface area contributed by atoms with Gasteiger partial charge in [0.2, 0.25) is 5.88 Å². The third kappa shape index (κ3) is 2.48. The van der Waals surface area contributed by atoms with E-state index in [1.165, 1.54) is 7.11 Å². The zero-order chi connectivity index (χ0) is 13.3. The molecule has 0 radical (unpaired) electrons. The third-order valence-electron chi connectivity index (χ3n) is 2.39. The number of benzene rings is 1. The number of methoxy groups -OCH3 is 1. The standard InChI is InChI=1S/C12H9Cl3N2O/c1-18-12-10(16)4-7(5-17-12)6-2-8(13)11(15)9(14)3-6/h2-5H,16H2,1H3. The summed E-state index contributed by atoms with van der Waals surface area (Å²) >= 11 is 17.8. The molecule has 0 aliphatic carbocycles. The second-order valence-electron chi connectivity index (χ2n) is 3.58. The lowest BCUT2D eigenvalue weighted by molar-refractivity contribution is 0.400. The molecule has 0 spiro atoms. The summed E-state index contributed by atoms with van der Waals surface area (Å²) in [5, 5.41) is 1.10. The summed E-state index contributed by atoms with van der Waals surface area (Å²) in [4.78, 5) is 4.09. The van der Waals surface area contributed by atoms with Crippen molar-refractivity contribution in [3.8, 4) is 17.0 Å². The van der Waals surface area contributed by atoms with E-state index in [2.05, 4.69) is 4.98 Å². The number of nitrogens with two attached hydrogens (primary N) is 1. The van der Waals surface area contributed by atoms with Gasteiger partial charge in [-0.2, -0.15) is 0 Å². The van der Waals surface area contributed by atoms with Crippen molar-refractivity contribution < 1.29 is 4.74 Å². The van der Waals surface area contributed by atoms with Gasteiger partial charge in [0.15, 0.2) is 0 Å². The summed E-state index contributed by atoms with van der Waals surface area (Å²) in [5.74, 6) is 0.380. The molecule has 0 aliphatic rings. The summed E-state index contributed by atoms with van der Waals surface area (Å²) in [7, 11) is 1.51. The molecule has 1 aromatic carbocycles. The van der Waals surface area contributed by atoms with Crippen LogP contribution in [0.1, 0.15) is 0 Å². The molecule has 0 amide bonds. The Bertz CT molecular complexity index is 579. The summed E-state index contributed by atoms with van der Waals surface area (Å²) in [6.45, 7) is 0. The Kier molecular flexibility index (Phi) is 3.85. The zero-order valence-corrected chi connectivity index (χ0v) is 11.6. The van der Waals surface area contributed by atoms with Crippen molar-refractivity contribution >= 4 is 40.5 Å². The van der Waals surface area contributed by atoms with E-state index in [0.29, 0.717) is 26.6 Å². The van der Waals surface area contributed by atoms with Crippen LogP contribution in [0.5, 0.6) is 5.88 Å². The Morgan fingerprint density at radius 2 is 1.67 bits per heavy atom. The number of pyridine rings is 1. The summed E-state index contributed by atoms with van der Waals surface area (Å²) in [6.07, 6.45) is 1.63. The molecule has 1 heterocycles. The fraction of sp³-hybridized carbons (Fsp3) is 0.0833. The summed E-state index contributed by atoms with van der Waals surface area (Å²) in [6, 6.07) is 5.15. The molecule has 0 saturated carbocycles. The topological polar surface area (TPSA) is 48.1 Å². The molecular formula is C12H9Cl3N2O. The van der Waals surface area contributed by atoms with Gasteiger partial charge < -0.3 is 10.5 Å². The number of aromatic nitrogens is 1. The van der Waals surface area contributed by atoms with E-state index < -0.39 is 0 Å². The van der Waals surface area contributed by atoms with Gasteiger partial charge in [-0.05, 0) is 23.8 Å². The molecular weight excluding hydrogens is 295 g/mol. The number of anilines is 1. The van der Waals surface area contributed by atoms with E-state index in [-0.39, 0.29) is 0 Å². The first-order valence-electron chi connectivity index (χ1n) is 4.97. The van der Waals surface area contributed by atoms with Crippen LogP contribution in [0, 0.1) is 0 Å².